The topological polar surface area (TPSA) is 61.8 Å². The zero-order chi connectivity index (χ0) is 19.0. The van der Waals surface area contributed by atoms with E-state index in [1.54, 1.807) is 14.2 Å². The summed E-state index contributed by atoms with van der Waals surface area (Å²) >= 11 is 0. The fourth-order valence-corrected chi connectivity index (χ4v) is 3.21. The van der Waals surface area contributed by atoms with Gasteiger partial charge in [-0.05, 0) is 42.4 Å². The Bertz CT molecular complexity index is 582. The standard InChI is InChI=1S/C20H35N5O.HI/c1-20(2,3)17(26-5)15-24-19(21-4)23-14-16-9-10-22-18(13-16)25-11-7-6-8-12-25;/h9-10,13,17H,6-8,11-12,14-15H2,1-5H3,(H2,21,23,24);1H. The number of nitrogens with one attached hydrogen (secondary N) is 2. The summed E-state index contributed by atoms with van der Waals surface area (Å²) in [6, 6.07) is 4.24. The third-order valence-electron chi connectivity index (χ3n) is 4.88. The van der Waals surface area contributed by atoms with Crippen LogP contribution in [0.15, 0.2) is 23.3 Å². The SMILES string of the molecule is CN=C(NCc1ccnc(N2CCCCC2)c1)NCC(OC)C(C)(C)C.I. The van der Waals surface area contributed by atoms with Gasteiger partial charge in [-0.15, -0.1) is 24.0 Å². The molecule has 0 aromatic carbocycles. The number of guanidine groups is 1. The summed E-state index contributed by atoms with van der Waals surface area (Å²) < 4.78 is 5.60. The lowest BCUT2D eigenvalue weighted by Crippen LogP contribution is -2.45. The van der Waals surface area contributed by atoms with Crippen LogP contribution in [0, 0.1) is 5.41 Å². The zero-order valence-electron chi connectivity index (χ0n) is 17.4. The molecule has 7 heteroatoms. The van der Waals surface area contributed by atoms with E-state index in [-0.39, 0.29) is 35.5 Å². The Labute approximate surface area is 181 Å². The molecule has 1 fully saturated rings. The summed E-state index contributed by atoms with van der Waals surface area (Å²) in [5, 5.41) is 6.75. The summed E-state index contributed by atoms with van der Waals surface area (Å²) in [7, 11) is 3.55. The minimum Gasteiger partial charge on any atom is -0.379 e. The van der Waals surface area contributed by atoms with Crippen molar-refractivity contribution in [1.29, 1.82) is 0 Å². The highest BCUT2D eigenvalue weighted by atomic mass is 127. The zero-order valence-corrected chi connectivity index (χ0v) is 19.7. The monoisotopic (exact) mass is 489 g/mol. The van der Waals surface area contributed by atoms with Crippen LogP contribution in [0.3, 0.4) is 0 Å². The van der Waals surface area contributed by atoms with Gasteiger partial charge in [0.1, 0.15) is 5.82 Å². The summed E-state index contributed by atoms with van der Waals surface area (Å²) in [6.45, 7) is 10.2. The Balaban J connectivity index is 0.00000364. The summed E-state index contributed by atoms with van der Waals surface area (Å²) in [5.41, 5.74) is 1.29. The van der Waals surface area contributed by atoms with Crippen LogP contribution in [-0.2, 0) is 11.3 Å². The van der Waals surface area contributed by atoms with E-state index in [2.05, 4.69) is 58.4 Å². The second-order valence-electron chi connectivity index (χ2n) is 7.97. The molecule has 2 heterocycles. The van der Waals surface area contributed by atoms with Gasteiger partial charge in [0, 0.05) is 46.5 Å². The van der Waals surface area contributed by atoms with Crippen LogP contribution >= 0.6 is 24.0 Å². The van der Waals surface area contributed by atoms with E-state index in [1.165, 1.54) is 24.8 Å². The van der Waals surface area contributed by atoms with Gasteiger partial charge in [-0.2, -0.15) is 0 Å². The van der Waals surface area contributed by atoms with Crippen LogP contribution in [0.5, 0.6) is 0 Å². The average Bonchev–Trinajstić information content (AvgIpc) is 2.64. The van der Waals surface area contributed by atoms with Crippen LogP contribution in [-0.4, -0.2) is 50.8 Å². The number of anilines is 1. The maximum Gasteiger partial charge on any atom is 0.191 e. The first-order valence-electron chi connectivity index (χ1n) is 9.61. The minimum absolute atomic E-state index is 0. The molecule has 1 aliphatic heterocycles. The normalized spacial score (nSPS) is 16.5. The van der Waals surface area contributed by atoms with Gasteiger partial charge < -0.3 is 20.3 Å². The predicted octanol–water partition coefficient (Wildman–Crippen LogP) is 3.42. The molecule has 0 radical (unpaired) electrons. The summed E-state index contributed by atoms with van der Waals surface area (Å²) in [4.78, 5) is 11.2. The second kappa shape index (κ2) is 11.7. The van der Waals surface area contributed by atoms with E-state index in [1.807, 2.05) is 6.20 Å². The van der Waals surface area contributed by atoms with E-state index in [4.69, 9.17) is 4.74 Å². The number of ether oxygens (including phenoxy) is 1. The maximum atomic E-state index is 5.60. The van der Waals surface area contributed by atoms with Crippen molar-refractivity contribution in [3.63, 3.8) is 0 Å². The third kappa shape index (κ3) is 7.81. The first kappa shape index (κ1) is 23.9. The molecule has 154 valence electrons. The highest BCUT2D eigenvalue weighted by Crippen LogP contribution is 2.21. The van der Waals surface area contributed by atoms with Gasteiger partial charge in [-0.1, -0.05) is 20.8 Å². The molecule has 1 aromatic heterocycles. The van der Waals surface area contributed by atoms with Gasteiger partial charge >= 0.3 is 0 Å². The van der Waals surface area contributed by atoms with E-state index in [0.29, 0.717) is 0 Å². The molecule has 1 atom stereocenters. The van der Waals surface area contributed by atoms with Gasteiger partial charge in [0.25, 0.3) is 0 Å². The number of halogens is 1. The Kier molecular flexibility index (Phi) is 10.4. The molecule has 6 nitrogen and oxygen atoms in total. The highest BCUT2D eigenvalue weighted by Gasteiger charge is 2.24. The number of pyridine rings is 1. The number of rotatable bonds is 6. The molecular weight excluding hydrogens is 453 g/mol. The molecule has 0 bridgehead atoms. The van der Waals surface area contributed by atoms with Gasteiger partial charge in [0.05, 0.1) is 6.10 Å². The fraction of sp³-hybridized carbons (Fsp3) is 0.700. The molecule has 0 aliphatic carbocycles. The van der Waals surface area contributed by atoms with Crippen molar-refractivity contribution >= 4 is 35.8 Å². The molecule has 1 aromatic rings. The minimum atomic E-state index is 0. The van der Waals surface area contributed by atoms with Crippen molar-refractivity contribution in [1.82, 2.24) is 15.6 Å². The van der Waals surface area contributed by atoms with Crippen LogP contribution in [0.4, 0.5) is 5.82 Å². The van der Waals surface area contributed by atoms with Crippen molar-refractivity contribution in [3.8, 4) is 0 Å². The van der Waals surface area contributed by atoms with Crippen molar-refractivity contribution in [2.45, 2.75) is 52.7 Å². The number of piperidine rings is 1. The smallest absolute Gasteiger partial charge is 0.191 e. The van der Waals surface area contributed by atoms with E-state index < -0.39 is 0 Å². The quantitative estimate of drug-likeness (QED) is 0.365. The van der Waals surface area contributed by atoms with Crippen molar-refractivity contribution in [2.75, 3.05) is 38.7 Å². The Morgan fingerprint density at radius 3 is 2.56 bits per heavy atom. The van der Waals surface area contributed by atoms with E-state index in [9.17, 15) is 0 Å². The molecule has 2 N–H and O–H groups in total. The van der Waals surface area contributed by atoms with E-state index in [0.717, 1.165) is 38.0 Å². The van der Waals surface area contributed by atoms with Gasteiger partial charge in [-0.25, -0.2) is 4.98 Å². The molecule has 0 amide bonds. The third-order valence-corrected chi connectivity index (χ3v) is 4.88. The molecule has 1 aliphatic rings. The van der Waals surface area contributed by atoms with Crippen LogP contribution in [0.25, 0.3) is 0 Å². The van der Waals surface area contributed by atoms with Gasteiger partial charge in [0.15, 0.2) is 5.96 Å². The molecule has 1 saturated heterocycles. The first-order valence-corrected chi connectivity index (χ1v) is 9.61. The van der Waals surface area contributed by atoms with Crippen LogP contribution in [0.2, 0.25) is 0 Å². The second-order valence-corrected chi connectivity index (χ2v) is 7.97. The molecule has 27 heavy (non-hydrogen) atoms. The number of hydrogen-bond donors (Lipinski definition) is 2. The van der Waals surface area contributed by atoms with Crippen LogP contribution < -0.4 is 15.5 Å². The number of methoxy groups -OCH3 is 1. The van der Waals surface area contributed by atoms with E-state index >= 15 is 0 Å². The van der Waals surface area contributed by atoms with Crippen molar-refractivity contribution < 1.29 is 4.74 Å². The number of aromatic nitrogens is 1. The molecular formula is C20H36IN5O. The average molecular weight is 489 g/mol. The number of nitrogens with zero attached hydrogens (tertiary/aromatic N) is 3. The highest BCUT2D eigenvalue weighted by molar-refractivity contribution is 14.0. The van der Waals surface area contributed by atoms with Crippen LogP contribution in [0.1, 0.15) is 45.6 Å². The Hall–Kier alpha value is -1.09. The lowest BCUT2D eigenvalue weighted by Gasteiger charge is -2.30. The van der Waals surface area contributed by atoms with Crippen molar-refractivity contribution in [2.24, 2.45) is 10.4 Å². The lowest BCUT2D eigenvalue weighted by atomic mass is 9.89. The largest absolute Gasteiger partial charge is 0.379 e. The summed E-state index contributed by atoms with van der Waals surface area (Å²) in [5.74, 6) is 1.87. The van der Waals surface area contributed by atoms with Crippen molar-refractivity contribution in [3.05, 3.63) is 23.9 Å². The molecule has 0 saturated carbocycles. The molecule has 2 rings (SSSR count). The molecule has 1 unspecified atom stereocenters. The fourth-order valence-electron chi connectivity index (χ4n) is 3.21. The number of aliphatic imine (C=N–C) groups is 1. The van der Waals surface area contributed by atoms with Gasteiger partial charge in [0.2, 0.25) is 0 Å². The van der Waals surface area contributed by atoms with Gasteiger partial charge in [-0.3, -0.25) is 4.99 Å². The molecule has 0 spiro atoms. The summed E-state index contributed by atoms with van der Waals surface area (Å²) in [6.07, 6.45) is 5.87. The maximum absolute atomic E-state index is 5.60. The Morgan fingerprint density at radius 1 is 1.26 bits per heavy atom. The predicted molar refractivity (Wildman–Crippen MR) is 124 cm³/mol. The first-order chi connectivity index (χ1) is 12.4. The Morgan fingerprint density at radius 2 is 1.96 bits per heavy atom. The lowest BCUT2D eigenvalue weighted by molar-refractivity contribution is 0.0205. The number of hydrogen-bond acceptors (Lipinski definition) is 4.